The first kappa shape index (κ1) is 12.7. The lowest BCUT2D eigenvalue weighted by atomic mass is 9.86. The van der Waals surface area contributed by atoms with E-state index in [0.29, 0.717) is 0 Å². The second-order valence-corrected chi connectivity index (χ2v) is 5.14. The van der Waals surface area contributed by atoms with Gasteiger partial charge in [-0.3, -0.25) is 4.90 Å². The van der Waals surface area contributed by atoms with E-state index >= 15 is 0 Å². The van der Waals surface area contributed by atoms with E-state index in [1.54, 1.807) is 0 Å². The molecular formula is C13H26N2. The van der Waals surface area contributed by atoms with Crippen LogP contribution in [0, 0.1) is 11.8 Å². The second kappa shape index (κ2) is 6.29. The zero-order valence-electron chi connectivity index (χ0n) is 10.6. The molecule has 1 N–H and O–H groups in total. The van der Waals surface area contributed by atoms with Gasteiger partial charge in [0.25, 0.3) is 0 Å². The van der Waals surface area contributed by atoms with Crippen LogP contribution in [0.3, 0.4) is 0 Å². The van der Waals surface area contributed by atoms with Gasteiger partial charge in [-0.05, 0) is 50.4 Å². The summed E-state index contributed by atoms with van der Waals surface area (Å²) in [5.41, 5.74) is 1.31. The van der Waals surface area contributed by atoms with Crippen molar-refractivity contribution in [2.45, 2.75) is 26.7 Å². The normalized spacial score (nSPS) is 19.7. The van der Waals surface area contributed by atoms with E-state index in [4.69, 9.17) is 0 Å². The Bertz CT molecular complexity index is 191. The van der Waals surface area contributed by atoms with Gasteiger partial charge in [0.15, 0.2) is 0 Å². The number of likely N-dealkylation sites (N-methyl/N-ethyl adjacent to an activating group) is 1. The molecule has 0 spiro atoms. The van der Waals surface area contributed by atoms with Gasteiger partial charge in [0.1, 0.15) is 0 Å². The monoisotopic (exact) mass is 210 g/mol. The molecule has 0 atom stereocenters. The first-order chi connectivity index (χ1) is 7.13. The number of hydrogen-bond donors (Lipinski definition) is 1. The number of hydrogen-bond acceptors (Lipinski definition) is 2. The van der Waals surface area contributed by atoms with Crippen LogP contribution < -0.4 is 5.32 Å². The summed E-state index contributed by atoms with van der Waals surface area (Å²) in [5.74, 6) is 1.80. The zero-order chi connectivity index (χ0) is 11.3. The molecule has 1 fully saturated rings. The average Bonchev–Trinajstić information content (AvgIpc) is 2.18. The van der Waals surface area contributed by atoms with Crippen LogP contribution in [0.15, 0.2) is 12.2 Å². The number of likely N-dealkylation sites (tertiary alicyclic amines) is 1. The highest BCUT2D eigenvalue weighted by Crippen LogP contribution is 2.24. The Labute approximate surface area is 94.7 Å². The topological polar surface area (TPSA) is 15.3 Å². The maximum atomic E-state index is 4.09. The van der Waals surface area contributed by atoms with Gasteiger partial charge >= 0.3 is 0 Å². The van der Waals surface area contributed by atoms with Crippen molar-refractivity contribution in [1.29, 1.82) is 0 Å². The van der Waals surface area contributed by atoms with Crippen LogP contribution in [0.25, 0.3) is 0 Å². The molecule has 1 heterocycles. The number of piperidine rings is 1. The number of nitrogens with one attached hydrogen (secondary N) is 1. The zero-order valence-corrected chi connectivity index (χ0v) is 10.6. The lowest BCUT2D eigenvalue weighted by Crippen LogP contribution is -2.37. The molecule has 1 aliphatic heterocycles. The summed E-state index contributed by atoms with van der Waals surface area (Å²) in [7, 11) is 1.98. The molecule has 1 rings (SSSR count). The Balaban J connectivity index is 2.22. The van der Waals surface area contributed by atoms with E-state index in [0.717, 1.165) is 24.9 Å². The molecule has 0 radical (unpaired) electrons. The van der Waals surface area contributed by atoms with E-state index in [1.165, 1.54) is 31.5 Å². The van der Waals surface area contributed by atoms with Crippen LogP contribution in [-0.4, -0.2) is 38.1 Å². The number of nitrogens with zero attached hydrogens (tertiary/aromatic N) is 1. The molecule has 0 saturated carbocycles. The van der Waals surface area contributed by atoms with Crippen molar-refractivity contribution in [2.24, 2.45) is 11.8 Å². The SMILES string of the molecule is C=C(CNC)CN1CCC(C(C)C)CC1. The van der Waals surface area contributed by atoms with Crippen LogP contribution in [0.2, 0.25) is 0 Å². The highest BCUT2D eigenvalue weighted by atomic mass is 15.1. The largest absolute Gasteiger partial charge is 0.316 e. The highest BCUT2D eigenvalue weighted by Gasteiger charge is 2.21. The summed E-state index contributed by atoms with van der Waals surface area (Å²) in [6.45, 7) is 13.3. The Morgan fingerprint density at radius 2 is 2.00 bits per heavy atom. The van der Waals surface area contributed by atoms with Crippen molar-refractivity contribution in [3.63, 3.8) is 0 Å². The fourth-order valence-corrected chi connectivity index (χ4v) is 2.40. The van der Waals surface area contributed by atoms with E-state index in [2.05, 4.69) is 30.6 Å². The third-order valence-electron chi connectivity index (χ3n) is 3.45. The van der Waals surface area contributed by atoms with Gasteiger partial charge in [-0.15, -0.1) is 0 Å². The molecule has 1 aliphatic rings. The van der Waals surface area contributed by atoms with Gasteiger partial charge in [-0.25, -0.2) is 0 Å². The predicted molar refractivity (Wildman–Crippen MR) is 67.1 cm³/mol. The summed E-state index contributed by atoms with van der Waals surface area (Å²) in [6.07, 6.45) is 2.73. The molecule has 0 unspecified atom stereocenters. The fourth-order valence-electron chi connectivity index (χ4n) is 2.40. The molecule has 2 nitrogen and oxygen atoms in total. The molecule has 2 heteroatoms. The van der Waals surface area contributed by atoms with E-state index in [1.807, 2.05) is 7.05 Å². The Hall–Kier alpha value is -0.340. The molecule has 0 aromatic rings. The minimum absolute atomic E-state index is 0.854. The van der Waals surface area contributed by atoms with Crippen molar-refractivity contribution in [2.75, 3.05) is 33.2 Å². The van der Waals surface area contributed by atoms with Gasteiger partial charge in [0.05, 0.1) is 0 Å². The van der Waals surface area contributed by atoms with Crippen LogP contribution in [0.1, 0.15) is 26.7 Å². The summed E-state index contributed by atoms with van der Waals surface area (Å²) in [6, 6.07) is 0. The van der Waals surface area contributed by atoms with Gasteiger partial charge < -0.3 is 5.32 Å². The van der Waals surface area contributed by atoms with Crippen LogP contribution in [0.4, 0.5) is 0 Å². The molecule has 0 bridgehead atoms. The minimum Gasteiger partial charge on any atom is -0.316 e. The third kappa shape index (κ3) is 4.35. The minimum atomic E-state index is 0.854. The van der Waals surface area contributed by atoms with Gasteiger partial charge in [-0.1, -0.05) is 20.4 Å². The van der Waals surface area contributed by atoms with Gasteiger partial charge in [0, 0.05) is 13.1 Å². The lowest BCUT2D eigenvalue weighted by Gasteiger charge is -2.34. The van der Waals surface area contributed by atoms with Crippen molar-refractivity contribution in [3.05, 3.63) is 12.2 Å². The molecule has 0 amide bonds. The standard InChI is InChI=1S/C13H26N2/c1-11(2)13-5-7-15(8-6-13)10-12(3)9-14-4/h11,13-14H,3,5-10H2,1-2,4H3. The van der Waals surface area contributed by atoms with Crippen LogP contribution in [-0.2, 0) is 0 Å². The molecule has 0 aliphatic carbocycles. The van der Waals surface area contributed by atoms with Crippen molar-refractivity contribution < 1.29 is 0 Å². The van der Waals surface area contributed by atoms with Crippen LogP contribution in [0.5, 0.6) is 0 Å². The lowest BCUT2D eigenvalue weighted by molar-refractivity contribution is 0.167. The van der Waals surface area contributed by atoms with Crippen molar-refractivity contribution in [3.8, 4) is 0 Å². The highest BCUT2D eigenvalue weighted by molar-refractivity contribution is 5.00. The van der Waals surface area contributed by atoms with E-state index in [9.17, 15) is 0 Å². The van der Waals surface area contributed by atoms with E-state index in [-0.39, 0.29) is 0 Å². The average molecular weight is 210 g/mol. The molecular weight excluding hydrogens is 184 g/mol. The quantitative estimate of drug-likeness (QED) is 0.699. The number of rotatable bonds is 5. The first-order valence-electron chi connectivity index (χ1n) is 6.17. The van der Waals surface area contributed by atoms with Crippen LogP contribution >= 0.6 is 0 Å². The Morgan fingerprint density at radius 1 is 1.40 bits per heavy atom. The summed E-state index contributed by atoms with van der Waals surface area (Å²) in [5, 5.41) is 3.16. The predicted octanol–water partition coefficient (Wildman–Crippen LogP) is 2.13. The third-order valence-corrected chi connectivity index (χ3v) is 3.45. The maximum Gasteiger partial charge on any atom is 0.0202 e. The summed E-state index contributed by atoms with van der Waals surface area (Å²) < 4.78 is 0. The van der Waals surface area contributed by atoms with Gasteiger partial charge in [-0.2, -0.15) is 0 Å². The molecule has 0 aromatic carbocycles. The Kier molecular flexibility index (Phi) is 5.34. The summed E-state index contributed by atoms with van der Waals surface area (Å²) in [4.78, 5) is 2.54. The van der Waals surface area contributed by atoms with Gasteiger partial charge in [0.2, 0.25) is 0 Å². The molecule has 15 heavy (non-hydrogen) atoms. The second-order valence-electron chi connectivity index (χ2n) is 5.14. The first-order valence-corrected chi connectivity index (χ1v) is 6.17. The summed E-state index contributed by atoms with van der Waals surface area (Å²) >= 11 is 0. The van der Waals surface area contributed by atoms with E-state index < -0.39 is 0 Å². The fraction of sp³-hybridized carbons (Fsp3) is 0.846. The molecule has 0 aromatic heterocycles. The molecule has 1 saturated heterocycles. The maximum absolute atomic E-state index is 4.09. The molecule has 88 valence electrons. The van der Waals surface area contributed by atoms with Crippen molar-refractivity contribution >= 4 is 0 Å². The smallest absolute Gasteiger partial charge is 0.0202 e. The Morgan fingerprint density at radius 3 is 2.47 bits per heavy atom. The van der Waals surface area contributed by atoms with Crippen molar-refractivity contribution in [1.82, 2.24) is 10.2 Å².